The third-order valence-electron chi connectivity index (χ3n) is 2.88. The molecule has 0 spiro atoms. The summed E-state index contributed by atoms with van der Waals surface area (Å²) in [6.45, 7) is 0. The second-order valence-corrected chi connectivity index (χ2v) is 3.88. The van der Waals surface area contributed by atoms with Gasteiger partial charge in [-0.25, -0.2) is 4.79 Å². The van der Waals surface area contributed by atoms with Gasteiger partial charge in [0.2, 0.25) is 0 Å². The molecular formula is C10H15N3O3. The van der Waals surface area contributed by atoms with Crippen LogP contribution in [0.3, 0.4) is 0 Å². The number of rotatable bonds is 3. The molecule has 88 valence electrons. The molecule has 0 radical (unpaired) electrons. The SMILES string of the molecule is CON(C(=O)O)c1cnn(C2CCCC2)c1. The highest BCUT2D eigenvalue weighted by Gasteiger charge is 2.21. The van der Waals surface area contributed by atoms with Crippen molar-refractivity contribution in [2.24, 2.45) is 0 Å². The van der Waals surface area contributed by atoms with Crippen LogP contribution in [0.4, 0.5) is 10.5 Å². The molecule has 1 aliphatic rings. The maximum atomic E-state index is 10.8. The minimum absolute atomic E-state index is 0.404. The second-order valence-electron chi connectivity index (χ2n) is 3.88. The number of amides is 1. The fourth-order valence-electron chi connectivity index (χ4n) is 2.10. The van der Waals surface area contributed by atoms with Gasteiger partial charge < -0.3 is 5.11 Å². The standard InChI is InChI=1S/C10H15N3O3/c1-16-13(10(14)15)9-6-11-12(7-9)8-4-2-3-5-8/h6-8H,2-5H2,1H3,(H,14,15). The summed E-state index contributed by atoms with van der Waals surface area (Å²) in [7, 11) is 1.32. The van der Waals surface area contributed by atoms with Gasteiger partial charge in [-0.05, 0) is 12.8 Å². The number of anilines is 1. The Morgan fingerprint density at radius 2 is 2.31 bits per heavy atom. The van der Waals surface area contributed by atoms with Crippen LogP contribution in [0.15, 0.2) is 12.4 Å². The maximum Gasteiger partial charge on any atom is 0.436 e. The van der Waals surface area contributed by atoms with E-state index in [2.05, 4.69) is 5.10 Å². The average Bonchev–Trinajstić information content (AvgIpc) is 2.86. The number of carbonyl (C=O) groups is 1. The first kappa shape index (κ1) is 10.9. The molecule has 6 heteroatoms. The number of hydrogen-bond donors (Lipinski definition) is 1. The molecule has 0 aliphatic heterocycles. The van der Waals surface area contributed by atoms with Crippen LogP contribution in [0.2, 0.25) is 0 Å². The van der Waals surface area contributed by atoms with Gasteiger partial charge in [-0.3, -0.25) is 9.52 Å². The molecule has 0 aromatic carbocycles. The van der Waals surface area contributed by atoms with Crippen molar-refractivity contribution in [3.8, 4) is 0 Å². The van der Waals surface area contributed by atoms with E-state index in [1.807, 2.05) is 4.68 Å². The van der Waals surface area contributed by atoms with Crippen LogP contribution in [0, 0.1) is 0 Å². The van der Waals surface area contributed by atoms with Crippen LogP contribution in [-0.2, 0) is 4.84 Å². The Morgan fingerprint density at radius 1 is 1.62 bits per heavy atom. The molecule has 0 unspecified atom stereocenters. The quantitative estimate of drug-likeness (QED) is 0.799. The second kappa shape index (κ2) is 4.52. The Bertz CT molecular complexity index is 371. The lowest BCUT2D eigenvalue weighted by molar-refractivity contribution is 0.130. The normalized spacial score (nSPS) is 16.6. The molecule has 1 saturated carbocycles. The van der Waals surface area contributed by atoms with E-state index in [9.17, 15) is 4.79 Å². The zero-order chi connectivity index (χ0) is 11.5. The van der Waals surface area contributed by atoms with Crippen molar-refractivity contribution in [1.29, 1.82) is 0 Å². The largest absolute Gasteiger partial charge is 0.463 e. The number of carboxylic acid groups (broad SMARTS) is 1. The van der Waals surface area contributed by atoms with E-state index in [1.54, 1.807) is 6.20 Å². The Balaban J connectivity index is 2.14. The van der Waals surface area contributed by atoms with Crippen LogP contribution in [0.5, 0.6) is 0 Å². The molecule has 1 aromatic rings. The highest BCUT2D eigenvalue weighted by Crippen LogP contribution is 2.29. The van der Waals surface area contributed by atoms with Crippen LogP contribution in [-0.4, -0.2) is 28.1 Å². The smallest absolute Gasteiger partial charge is 0.436 e. The number of hydroxylamine groups is 1. The lowest BCUT2D eigenvalue weighted by Gasteiger charge is -2.13. The zero-order valence-corrected chi connectivity index (χ0v) is 9.17. The van der Waals surface area contributed by atoms with Gasteiger partial charge in [0.15, 0.2) is 0 Å². The van der Waals surface area contributed by atoms with E-state index in [-0.39, 0.29) is 0 Å². The van der Waals surface area contributed by atoms with Crippen molar-refractivity contribution in [2.75, 3.05) is 12.2 Å². The third-order valence-corrected chi connectivity index (χ3v) is 2.88. The Hall–Kier alpha value is -1.56. The van der Waals surface area contributed by atoms with Gasteiger partial charge in [-0.1, -0.05) is 12.8 Å². The molecule has 1 fully saturated rings. The molecular weight excluding hydrogens is 210 g/mol. The molecule has 0 saturated heterocycles. The Labute approximate surface area is 93.4 Å². The molecule has 16 heavy (non-hydrogen) atoms. The number of nitrogens with zero attached hydrogens (tertiary/aromatic N) is 3. The molecule has 1 aliphatic carbocycles. The van der Waals surface area contributed by atoms with Crippen LogP contribution in [0.1, 0.15) is 31.7 Å². The zero-order valence-electron chi connectivity index (χ0n) is 9.17. The first-order valence-electron chi connectivity index (χ1n) is 5.33. The van der Waals surface area contributed by atoms with E-state index >= 15 is 0 Å². The number of aromatic nitrogens is 2. The highest BCUT2D eigenvalue weighted by atomic mass is 16.7. The van der Waals surface area contributed by atoms with Crippen molar-refractivity contribution < 1.29 is 14.7 Å². The van der Waals surface area contributed by atoms with Gasteiger partial charge in [0.05, 0.1) is 25.5 Å². The molecule has 1 aromatic heterocycles. The van der Waals surface area contributed by atoms with Crippen molar-refractivity contribution in [3.63, 3.8) is 0 Å². The summed E-state index contributed by atoms with van der Waals surface area (Å²) in [6.07, 6.45) is 6.74. The molecule has 0 atom stereocenters. The number of hydrogen-bond acceptors (Lipinski definition) is 3. The van der Waals surface area contributed by atoms with Gasteiger partial charge in [0.1, 0.15) is 5.69 Å². The Kier molecular flexibility index (Phi) is 3.09. The van der Waals surface area contributed by atoms with Gasteiger partial charge >= 0.3 is 6.09 Å². The average molecular weight is 225 g/mol. The summed E-state index contributed by atoms with van der Waals surface area (Å²) in [5, 5.41) is 13.9. The van der Waals surface area contributed by atoms with Crippen molar-refractivity contribution in [3.05, 3.63) is 12.4 Å². The van der Waals surface area contributed by atoms with Crippen molar-refractivity contribution >= 4 is 11.8 Å². The van der Waals surface area contributed by atoms with E-state index in [4.69, 9.17) is 9.94 Å². The molecule has 2 rings (SSSR count). The van der Waals surface area contributed by atoms with E-state index in [0.717, 1.165) is 17.9 Å². The molecule has 1 heterocycles. The summed E-state index contributed by atoms with van der Waals surface area (Å²) in [5.74, 6) is 0. The molecule has 1 amide bonds. The molecule has 6 nitrogen and oxygen atoms in total. The lowest BCUT2D eigenvalue weighted by Crippen LogP contribution is -2.27. The van der Waals surface area contributed by atoms with Crippen LogP contribution < -0.4 is 5.06 Å². The third kappa shape index (κ3) is 2.01. The summed E-state index contributed by atoms with van der Waals surface area (Å²) in [4.78, 5) is 15.6. The van der Waals surface area contributed by atoms with Gasteiger partial charge in [-0.15, -0.1) is 0 Å². The predicted molar refractivity (Wildman–Crippen MR) is 57.2 cm³/mol. The summed E-state index contributed by atoms with van der Waals surface area (Å²) < 4.78 is 1.83. The van der Waals surface area contributed by atoms with E-state index in [0.29, 0.717) is 11.7 Å². The van der Waals surface area contributed by atoms with Gasteiger partial charge in [0.25, 0.3) is 0 Å². The van der Waals surface area contributed by atoms with Crippen molar-refractivity contribution in [2.45, 2.75) is 31.7 Å². The first-order chi connectivity index (χ1) is 7.72. The summed E-state index contributed by atoms with van der Waals surface area (Å²) >= 11 is 0. The molecule has 0 bridgehead atoms. The predicted octanol–water partition coefficient (Wildman–Crippen LogP) is 2.04. The topological polar surface area (TPSA) is 67.6 Å². The monoisotopic (exact) mass is 225 g/mol. The molecule has 1 N–H and O–H groups in total. The summed E-state index contributed by atoms with van der Waals surface area (Å²) in [5.41, 5.74) is 0.446. The van der Waals surface area contributed by atoms with Crippen LogP contribution >= 0.6 is 0 Å². The Morgan fingerprint density at radius 3 is 2.88 bits per heavy atom. The fraction of sp³-hybridized carbons (Fsp3) is 0.600. The minimum Gasteiger partial charge on any atom is -0.463 e. The van der Waals surface area contributed by atoms with Gasteiger partial charge in [0, 0.05) is 0 Å². The lowest BCUT2D eigenvalue weighted by atomic mass is 10.3. The van der Waals surface area contributed by atoms with Crippen molar-refractivity contribution in [1.82, 2.24) is 9.78 Å². The van der Waals surface area contributed by atoms with E-state index in [1.165, 1.54) is 26.1 Å². The first-order valence-corrected chi connectivity index (χ1v) is 5.33. The maximum absolute atomic E-state index is 10.8. The summed E-state index contributed by atoms with van der Waals surface area (Å²) in [6, 6.07) is 0.404. The van der Waals surface area contributed by atoms with E-state index < -0.39 is 6.09 Å². The minimum atomic E-state index is -1.14. The van der Waals surface area contributed by atoms with Crippen LogP contribution in [0.25, 0.3) is 0 Å². The highest BCUT2D eigenvalue weighted by molar-refractivity contribution is 5.83. The fourth-order valence-corrected chi connectivity index (χ4v) is 2.10. The van der Waals surface area contributed by atoms with Gasteiger partial charge in [-0.2, -0.15) is 10.2 Å².